The molecule has 1 atom stereocenters. The molecule has 0 unspecified atom stereocenters. The molecular formula is C18H18N6O5. The van der Waals surface area contributed by atoms with Crippen molar-refractivity contribution in [1.29, 1.82) is 0 Å². The van der Waals surface area contributed by atoms with Crippen molar-refractivity contribution in [2.24, 2.45) is 19.8 Å². The molecule has 1 aliphatic rings. The molecule has 2 N–H and O–H groups in total. The van der Waals surface area contributed by atoms with E-state index < -0.39 is 23.3 Å². The third-order valence-electron chi connectivity index (χ3n) is 4.91. The zero-order valence-corrected chi connectivity index (χ0v) is 15.7. The van der Waals surface area contributed by atoms with Gasteiger partial charge in [-0.25, -0.2) is 9.78 Å². The van der Waals surface area contributed by atoms with Crippen LogP contribution < -0.4 is 26.6 Å². The van der Waals surface area contributed by atoms with Gasteiger partial charge in [0.15, 0.2) is 17.3 Å². The van der Waals surface area contributed by atoms with Crippen molar-refractivity contribution >= 4 is 28.7 Å². The van der Waals surface area contributed by atoms with Crippen molar-refractivity contribution in [3.8, 4) is 5.75 Å². The summed E-state index contributed by atoms with van der Waals surface area (Å²) in [5, 5.41) is 0. The zero-order chi connectivity index (χ0) is 20.9. The number of ether oxygens (including phenoxy) is 1. The highest BCUT2D eigenvalue weighted by molar-refractivity contribution is 5.97. The van der Waals surface area contributed by atoms with E-state index in [1.54, 1.807) is 24.3 Å². The van der Waals surface area contributed by atoms with Crippen molar-refractivity contribution in [2.45, 2.75) is 12.6 Å². The van der Waals surface area contributed by atoms with E-state index in [9.17, 15) is 19.2 Å². The summed E-state index contributed by atoms with van der Waals surface area (Å²) < 4.78 is 9.15. The summed E-state index contributed by atoms with van der Waals surface area (Å²) in [6.45, 7) is -0.266. The van der Waals surface area contributed by atoms with E-state index in [0.29, 0.717) is 11.4 Å². The van der Waals surface area contributed by atoms with Crippen LogP contribution in [0.2, 0.25) is 0 Å². The number of para-hydroxylation sites is 2. The van der Waals surface area contributed by atoms with Crippen molar-refractivity contribution in [3.63, 3.8) is 0 Å². The zero-order valence-electron chi connectivity index (χ0n) is 15.7. The van der Waals surface area contributed by atoms with Crippen molar-refractivity contribution in [2.75, 3.05) is 11.4 Å². The Hall–Kier alpha value is -3.89. The van der Waals surface area contributed by atoms with Gasteiger partial charge in [0.25, 0.3) is 11.5 Å². The Morgan fingerprint density at radius 3 is 2.66 bits per heavy atom. The highest BCUT2D eigenvalue weighted by Gasteiger charge is 2.33. The smallest absolute Gasteiger partial charge is 0.332 e. The fraction of sp³-hybridized carbons (Fsp3) is 0.278. The summed E-state index contributed by atoms with van der Waals surface area (Å²) in [5.41, 5.74) is 5.13. The molecule has 1 aliphatic heterocycles. The number of primary amides is 1. The molecule has 11 nitrogen and oxygen atoms in total. The van der Waals surface area contributed by atoms with Gasteiger partial charge >= 0.3 is 5.69 Å². The Morgan fingerprint density at radius 1 is 1.21 bits per heavy atom. The number of nitrogens with two attached hydrogens (primary N) is 1. The average molecular weight is 398 g/mol. The average Bonchev–Trinajstić information content (AvgIpc) is 3.13. The Bertz CT molecular complexity index is 1270. The topological polar surface area (TPSA) is 134 Å². The normalized spacial score (nSPS) is 15.8. The number of aryl methyl sites for hydroxylation is 1. The number of imidazole rings is 1. The van der Waals surface area contributed by atoms with Crippen molar-refractivity contribution < 1.29 is 14.3 Å². The number of hydrogen-bond donors (Lipinski definition) is 1. The van der Waals surface area contributed by atoms with Gasteiger partial charge in [0.1, 0.15) is 12.3 Å². The van der Waals surface area contributed by atoms with Gasteiger partial charge in [0.2, 0.25) is 5.91 Å². The quantitative estimate of drug-likeness (QED) is 0.584. The molecule has 0 fully saturated rings. The highest BCUT2D eigenvalue weighted by Crippen LogP contribution is 2.33. The van der Waals surface area contributed by atoms with Gasteiger partial charge in [-0.15, -0.1) is 0 Å². The van der Waals surface area contributed by atoms with Crippen LogP contribution in [-0.2, 0) is 30.2 Å². The fourth-order valence-electron chi connectivity index (χ4n) is 3.37. The number of hydrogen-bond acceptors (Lipinski definition) is 6. The number of carbonyl (C=O) groups is 2. The maximum Gasteiger partial charge on any atom is 0.332 e. The van der Waals surface area contributed by atoms with Gasteiger partial charge in [-0.3, -0.25) is 23.5 Å². The highest BCUT2D eigenvalue weighted by atomic mass is 16.5. The molecule has 0 saturated heterocycles. The second-order valence-corrected chi connectivity index (χ2v) is 6.73. The van der Waals surface area contributed by atoms with E-state index in [-0.39, 0.29) is 30.2 Å². The Labute approximate surface area is 163 Å². The minimum Gasteiger partial charge on any atom is -0.477 e. The summed E-state index contributed by atoms with van der Waals surface area (Å²) in [4.78, 5) is 54.9. The Kier molecular flexibility index (Phi) is 4.22. The van der Waals surface area contributed by atoms with Crippen LogP contribution in [0.1, 0.15) is 0 Å². The second kappa shape index (κ2) is 6.62. The molecule has 150 valence electrons. The number of amides is 2. The molecule has 0 aliphatic carbocycles. The van der Waals surface area contributed by atoms with E-state index >= 15 is 0 Å². The first-order valence-electron chi connectivity index (χ1n) is 8.75. The van der Waals surface area contributed by atoms with Crippen molar-refractivity contribution in [3.05, 3.63) is 51.4 Å². The van der Waals surface area contributed by atoms with Crippen LogP contribution in [0, 0.1) is 0 Å². The van der Waals surface area contributed by atoms with Crippen molar-refractivity contribution in [1.82, 2.24) is 18.7 Å². The third kappa shape index (κ3) is 2.87. The second-order valence-electron chi connectivity index (χ2n) is 6.73. The minimum atomic E-state index is -0.984. The van der Waals surface area contributed by atoms with Crippen LogP contribution in [0.5, 0.6) is 5.75 Å². The predicted octanol–water partition coefficient (Wildman–Crippen LogP) is -1.29. The van der Waals surface area contributed by atoms with Gasteiger partial charge < -0.3 is 19.9 Å². The van der Waals surface area contributed by atoms with Crippen LogP contribution in [-0.4, -0.2) is 43.1 Å². The molecule has 0 saturated carbocycles. The summed E-state index contributed by atoms with van der Waals surface area (Å²) >= 11 is 0. The van der Waals surface area contributed by atoms with Gasteiger partial charge in [0, 0.05) is 14.1 Å². The summed E-state index contributed by atoms with van der Waals surface area (Å²) in [6, 6.07) is 6.80. The molecular weight excluding hydrogens is 380 g/mol. The first-order chi connectivity index (χ1) is 13.8. The number of anilines is 1. The van der Waals surface area contributed by atoms with E-state index in [1.165, 1.54) is 34.5 Å². The van der Waals surface area contributed by atoms with Gasteiger partial charge in [-0.2, -0.15) is 0 Å². The predicted molar refractivity (Wildman–Crippen MR) is 103 cm³/mol. The van der Waals surface area contributed by atoms with Gasteiger partial charge in [-0.1, -0.05) is 12.1 Å². The maximum atomic E-state index is 13.1. The maximum absolute atomic E-state index is 13.1. The van der Waals surface area contributed by atoms with Crippen LogP contribution in [0.15, 0.2) is 40.2 Å². The molecule has 0 spiro atoms. The summed E-state index contributed by atoms with van der Waals surface area (Å²) in [6.07, 6.45) is 0.350. The van der Waals surface area contributed by atoms with E-state index in [4.69, 9.17) is 10.5 Å². The van der Waals surface area contributed by atoms with Crippen LogP contribution in [0.25, 0.3) is 11.2 Å². The SMILES string of the molecule is Cn1c(=O)c2c(ncn2CC(=O)N2C[C@H](C(N)=O)Oc3ccccc32)n(C)c1=O. The monoisotopic (exact) mass is 398 g/mol. The first-order valence-corrected chi connectivity index (χ1v) is 8.75. The minimum absolute atomic E-state index is 0.0473. The van der Waals surface area contributed by atoms with Crippen LogP contribution in [0.3, 0.4) is 0 Å². The van der Waals surface area contributed by atoms with E-state index in [2.05, 4.69) is 4.98 Å². The molecule has 3 heterocycles. The fourth-order valence-corrected chi connectivity index (χ4v) is 3.37. The number of aromatic nitrogens is 4. The molecule has 0 radical (unpaired) electrons. The number of rotatable bonds is 3. The molecule has 2 amide bonds. The molecule has 29 heavy (non-hydrogen) atoms. The standard InChI is InChI=1S/C18H18N6O5/c1-21-16-14(17(27)22(2)18(21)28)23(9-20-16)8-13(25)24-7-12(15(19)26)29-11-6-4-3-5-10(11)24/h3-6,9,12H,7-8H2,1-2H3,(H2,19,26)/t12-/m1/s1. The van der Waals surface area contributed by atoms with E-state index in [1.807, 2.05) is 0 Å². The number of benzene rings is 1. The molecule has 0 bridgehead atoms. The number of nitrogens with zero attached hydrogens (tertiary/aromatic N) is 5. The van der Waals surface area contributed by atoms with Crippen LogP contribution in [0.4, 0.5) is 5.69 Å². The lowest BCUT2D eigenvalue weighted by Crippen LogP contribution is -2.50. The Morgan fingerprint density at radius 2 is 1.93 bits per heavy atom. The Balaban J connectivity index is 1.74. The van der Waals surface area contributed by atoms with Gasteiger partial charge in [-0.05, 0) is 12.1 Å². The summed E-state index contributed by atoms with van der Waals surface area (Å²) in [5.74, 6) is -0.707. The largest absolute Gasteiger partial charge is 0.477 e. The van der Waals surface area contributed by atoms with Gasteiger partial charge in [0.05, 0.1) is 18.6 Å². The van der Waals surface area contributed by atoms with E-state index in [0.717, 1.165) is 4.57 Å². The lowest BCUT2D eigenvalue weighted by molar-refractivity contribution is -0.125. The molecule has 3 aromatic rings. The van der Waals surface area contributed by atoms with Crippen LogP contribution >= 0.6 is 0 Å². The molecule has 11 heteroatoms. The molecule has 1 aromatic carbocycles. The first kappa shape index (κ1) is 18.5. The lowest BCUT2D eigenvalue weighted by Gasteiger charge is -2.33. The summed E-state index contributed by atoms with van der Waals surface area (Å²) in [7, 11) is 2.86. The molecule has 2 aromatic heterocycles. The lowest BCUT2D eigenvalue weighted by atomic mass is 10.1. The number of fused-ring (bicyclic) bond motifs is 2. The number of carbonyl (C=O) groups excluding carboxylic acids is 2. The third-order valence-corrected chi connectivity index (χ3v) is 4.91. The molecule has 4 rings (SSSR count).